The fourth-order valence-electron chi connectivity index (χ4n) is 5.57. The normalized spacial score (nSPS) is 16.5. The van der Waals surface area contributed by atoms with E-state index in [0.29, 0.717) is 28.7 Å². The van der Waals surface area contributed by atoms with Crippen molar-refractivity contribution < 1.29 is 8.42 Å². The summed E-state index contributed by atoms with van der Waals surface area (Å²) in [5.41, 5.74) is 14.3. The van der Waals surface area contributed by atoms with Crippen LogP contribution in [0.15, 0.2) is 66.3 Å². The van der Waals surface area contributed by atoms with Gasteiger partial charge in [0.2, 0.25) is 0 Å². The smallest absolute Gasteiger partial charge is 0.180 e. The third kappa shape index (κ3) is 4.49. The van der Waals surface area contributed by atoms with E-state index in [-0.39, 0.29) is 0 Å². The first-order chi connectivity index (χ1) is 18.8. The molecule has 0 radical (unpaired) electrons. The molecular formula is C30H34N6O2S. The fourth-order valence-corrected chi connectivity index (χ4v) is 6.63. The predicted octanol–water partition coefficient (Wildman–Crippen LogP) is 4.97. The lowest BCUT2D eigenvalue weighted by Crippen LogP contribution is -2.36. The largest absolute Gasteiger partial charge is 0.372 e. The summed E-state index contributed by atoms with van der Waals surface area (Å²) in [5.74, 6) is 0.629. The zero-order valence-corrected chi connectivity index (χ0v) is 23.2. The zero-order valence-electron chi connectivity index (χ0n) is 22.4. The second-order valence-corrected chi connectivity index (χ2v) is 13.3. The third-order valence-corrected chi connectivity index (χ3v) is 10.3. The van der Waals surface area contributed by atoms with Gasteiger partial charge in [0.05, 0.1) is 27.7 Å². The van der Waals surface area contributed by atoms with Crippen LogP contribution in [0, 0.1) is 5.92 Å². The van der Waals surface area contributed by atoms with Gasteiger partial charge in [-0.05, 0) is 69.0 Å². The van der Waals surface area contributed by atoms with Gasteiger partial charge in [-0.15, -0.1) is 0 Å². The van der Waals surface area contributed by atoms with Crippen molar-refractivity contribution in [1.29, 1.82) is 0 Å². The molecule has 0 unspecified atom stereocenters. The lowest BCUT2D eigenvalue weighted by atomic mass is 9.96. The molecule has 0 aliphatic carbocycles. The van der Waals surface area contributed by atoms with Crippen molar-refractivity contribution >= 4 is 38.1 Å². The van der Waals surface area contributed by atoms with Gasteiger partial charge in [0.15, 0.2) is 15.5 Å². The van der Waals surface area contributed by atoms with Crippen LogP contribution in [0.25, 0.3) is 28.1 Å². The quantitative estimate of drug-likeness (QED) is 0.354. The van der Waals surface area contributed by atoms with Crippen LogP contribution in [0.3, 0.4) is 0 Å². The summed E-state index contributed by atoms with van der Waals surface area (Å²) in [6.45, 7) is 11.3. The Morgan fingerprint density at radius 3 is 2.56 bits per heavy atom. The van der Waals surface area contributed by atoms with Crippen molar-refractivity contribution in [3.8, 4) is 11.3 Å². The molecule has 202 valence electrons. The summed E-state index contributed by atoms with van der Waals surface area (Å²) in [7, 11) is -3.33. The molecule has 2 aliphatic rings. The van der Waals surface area contributed by atoms with Gasteiger partial charge in [0.25, 0.3) is 0 Å². The van der Waals surface area contributed by atoms with Crippen LogP contribution >= 0.6 is 0 Å². The first-order valence-corrected chi connectivity index (χ1v) is 15.0. The summed E-state index contributed by atoms with van der Waals surface area (Å²) in [6, 6.07) is 13.5. The molecule has 1 fully saturated rings. The Morgan fingerprint density at radius 2 is 1.87 bits per heavy atom. The maximum atomic E-state index is 12.5. The molecule has 2 aromatic carbocycles. The number of aromatic amines is 1. The minimum Gasteiger partial charge on any atom is -0.372 e. The molecule has 4 aromatic rings. The summed E-state index contributed by atoms with van der Waals surface area (Å²) in [5, 5.41) is -0.473. The Bertz CT molecular complexity index is 1650. The monoisotopic (exact) mass is 542 g/mol. The molecule has 1 saturated heterocycles. The van der Waals surface area contributed by atoms with Crippen LogP contribution < -0.4 is 15.5 Å². The number of benzene rings is 2. The average Bonchev–Trinajstić information content (AvgIpc) is 3.52. The number of H-pyrrole nitrogens is 1. The van der Waals surface area contributed by atoms with Crippen molar-refractivity contribution in [3.05, 3.63) is 72.6 Å². The molecular weight excluding hydrogens is 508 g/mol. The van der Waals surface area contributed by atoms with Crippen molar-refractivity contribution in [2.24, 2.45) is 11.7 Å². The average molecular weight is 543 g/mol. The Labute approximate surface area is 229 Å². The summed E-state index contributed by atoms with van der Waals surface area (Å²) >= 11 is 0. The molecule has 2 aromatic heterocycles. The van der Waals surface area contributed by atoms with Gasteiger partial charge in [0.1, 0.15) is 5.52 Å². The van der Waals surface area contributed by atoms with Gasteiger partial charge >= 0.3 is 0 Å². The fraction of sp³-hybridized carbons (Fsp3) is 0.333. The van der Waals surface area contributed by atoms with Crippen LogP contribution in [-0.2, 0) is 16.4 Å². The number of nitrogens with zero attached hydrogens (tertiary/aromatic N) is 4. The first-order valence-electron chi connectivity index (χ1n) is 13.5. The van der Waals surface area contributed by atoms with E-state index in [1.807, 2.05) is 6.20 Å². The van der Waals surface area contributed by atoms with Gasteiger partial charge in [0, 0.05) is 48.3 Å². The molecule has 9 heteroatoms. The van der Waals surface area contributed by atoms with E-state index in [9.17, 15) is 8.42 Å². The number of piperidine rings is 1. The summed E-state index contributed by atoms with van der Waals surface area (Å²) < 4.78 is 25.0. The highest BCUT2D eigenvalue weighted by Crippen LogP contribution is 2.40. The van der Waals surface area contributed by atoms with Crippen LogP contribution in [0.4, 0.5) is 11.4 Å². The number of sulfone groups is 1. The third-order valence-electron chi connectivity index (χ3n) is 8.12. The van der Waals surface area contributed by atoms with E-state index in [4.69, 9.17) is 10.7 Å². The number of nitrogens with one attached hydrogen (secondary N) is 1. The predicted molar refractivity (Wildman–Crippen MR) is 157 cm³/mol. The topological polar surface area (TPSA) is 108 Å². The molecule has 0 bridgehead atoms. The standard InChI is InChI=1S/C30H34N6O2S/c1-19(2)39(37,38)25-7-4-22(5-8-25)27-16-32-30-29(34-27)28(17-33-30)36-18-23-14-24(6-9-26(23)20(36)3)35-12-10-21(15-31)11-13-35/h4-9,14,16-17,19,21H,3,10-13,15,18,31H2,1-2H3,(H,32,33). The molecule has 39 heavy (non-hydrogen) atoms. The SMILES string of the molecule is C=C1c2ccc(N3CCC(CN)CC3)cc2CN1c1c[nH]c2ncc(-c3ccc(S(=O)(=O)C(C)C)cc3)nc12. The van der Waals surface area contributed by atoms with Crippen LogP contribution in [-0.4, -0.2) is 48.3 Å². The maximum absolute atomic E-state index is 12.5. The number of hydrogen-bond acceptors (Lipinski definition) is 7. The lowest BCUT2D eigenvalue weighted by Gasteiger charge is -2.33. The van der Waals surface area contributed by atoms with E-state index in [2.05, 4.69) is 44.5 Å². The van der Waals surface area contributed by atoms with Crippen LogP contribution in [0.5, 0.6) is 0 Å². The van der Waals surface area contributed by atoms with E-state index in [1.165, 1.54) is 11.3 Å². The molecule has 8 nitrogen and oxygen atoms in total. The number of fused-ring (bicyclic) bond motifs is 2. The molecule has 6 rings (SSSR count). The van der Waals surface area contributed by atoms with Crippen LogP contribution in [0.2, 0.25) is 0 Å². The summed E-state index contributed by atoms with van der Waals surface area (Å²) in [6.07, 6.45) is 5.92. The number of rotatable bonds is 6. The van der Waals surface area contributed by atoms with Crippen molar-refractivity contribution in [3.63, 3.8) is 0 Å². The maximum Gasteiger partial charge on any atom is 0.180 e. The van der Waals surface area contributed by atoms with E-state index >= 15 is 0 Å². The minimum absolute atomic E-state index is 0.312. The number of aromatic nitrogens is 3. The Hall–Kier alpha value is -3.69. The number of anilines is 2. The van der Waals surface area contributed by atoms with Crippen molar-refractivity contribution in [2.45, 2.75) is 43.4 Å². The lowest BCUT2D eigenvalue weighted by molar-refractivity contribution is 0.414. The molecule has 4 heterocycles. The first kappa shape index (κ1) is 25.6. The Kier molecular flexibility index (Phi) is 6.43. The van der Waals surface area contributed by atoms with E-state index in [0.717, 1.165) is 60.5 Å². The molecule has 2 aliphatic heterocycles. The second-order valence-electron chi connectivity index (χ2n) is 10.8. The van der Waals surface area contributed by atoms with E-state index in [1.54, 1.807) is 44.3 Å². The van der Waals surface area contributed by atoms with Crippen molar-refractivity contribution in [2.75, 3.05) is 29.4 Å². The summed E-state index contributed by atoms with van der Waals surface area (Å²) in [4.78, 5) is 17.7. The highest BCUT2D eigenvalue weighted by atomic mass is 32.2. The molecule has 0 saturated carbocycles. The molecule has 3 N–H and O–H groups in total. The Morgan fingerprint density at radius 1 is 1.13 bits per heavy atom. The van der Waals surface area contributed by atoms with Crippen molar-refractivity contribution in [1.82, 2.24) is 15.0 Å². The molecule has 0 spiro atoms. The molecule has 0 atom stereocenters. The van der Waals surface area contributed by atoms with Gasteiger partial charge in [-0.3, -0.25) is 0 Å². The van der Waals surface area contributed by atoms with E-state index < -0.39 is 15.1 Å². The van der Waals surface area contributed by atoms with Gasteiger partial charge in [-0.25, -0.2) is 18.4 Å². The number of hydrogen-bond donors (Lipinski definition) is 2. The number of nitrogens with two attached hydrogens (primary N) is 1. The van der Waals surface area contributed by atoms with Gasteiger partial charge in [-0.2, -0.15) is 0 Å². The Balaban J connectivity index is 1.27. The highest BCUT2D eigenvalue weighted by Gasteiger charge is 2.28. The van der Waals surface area contributed by atoms with Gasteiger partial charge in [-0.1, -0.05) is 24.8 Å². The zero-order chi connectivity index (χ0) is 27.3. The second kappa shape index (κ2) is 9.81. The highest BCUT2D eigenvalue weighted by molar-refractivity contribution is 7.92. The molecule has 0 amide bonds. The van der Waals surface area contributed by atoms with Crippen LogP contribution in [0.1, 0.15) is 37.8 Å². The van der Waals surface area contributed by atoms with Gasteiger partial charge < -0.3 is 20.5 Å². The minimum atomic E-state index is -3.33.